The van der Waals surface area contributed by atoms with Crippen LogP contribution in [0.1, 0.15) is 27.7 Å². The minimum Gasteiger partial charge on any atom is -0.225 e. The minimum atomic E-state index is -3.55. The maximum Gasteiger partial charge on any atom is 0.191 e. The van der Waals surface area contributed by atoms with E-state index >= 15 is 0 Å². The molecule has 0 rings (SSSR count). The van der Waals surface area contributed by atoms with E-state index in [1.165, 1.54) is 12.2 Å². The molecule has 0 bridgehead atoms. The highest BCUT2D eigenvalue weighted by Gasteiger charge is 2.28. The normalized spacial score (nSPS) is 15.3. The second kappa shape index (κ2) is 5.92. The molecule has 0 saturated heterocycles. The third kappa shape index (κ3) is 5.05. The molecule has 2 nitrogen and oxygen atoms in total. The molecular formula is C10H16Cl2O2S. The van der Waals surface area contributed by atoms with Crippen molar-refractivity contribution in [1.29, 1.82) is 0 Å². The lowest BCUT2D eigenvalue weighted by molar-refractivity contribution is 0.597. The maximum absolute atomic E-state index is 11.7. The van der Waals surface area contributed by atoms with E-state index in [-0.39, 0.29) is 0 Å². The molecule has 0 aromatic heterocycles. The van der Waals surface area contributed by atoms with Gasteiger partial charge in [-0.05, 0) is 27.7 Å². The van der Waals surface area contributed by atoms with E-state index in [0.717, 1.165) is 11.1 Å². The Morgan fingerprint density at radius 2 is 1.20 bits per heavy atom. The fraction of sp³-hybridized carbons (Fsp3) is 0.600. The van der Waals surface area contributed by atoms with Crippen LogP contribution in [0.4, 0.5) is 0 Å². The number of hydrogen-bond donors (Lipinski definition) is 0. The number of alkyl halides is 2. The topological polar surface area (TPSA) is 34.1 Å². The Morgan fingerprint density at radius 3 is 1.40 bits per heavy atom. The fourth-order valence-corrected chi connectivity index (χ4v) is 3.34. The van der Waals surface area contributed by atoms with Gasteiger partial charge in [-0.1, -0.05) is 23.3 Å². The van der Waals surface area contributed by atoms with Crippen LogP contribution in [0.15, 0.2) is 23.3 Å². The Balaban J connectivity index is 5.00. The summed E-state index contributed by atoms with van der Waals surface area (Å²) in [5.74, 6) is 0. The fourth-order valence-electron chi connectivity index (χ4n) is 0.838. The van der Waals surface area contributed by atoms with Gasteiger partial charge >= 0.3 is 0 Å². The molecule has 0 amide bonds. The zero-order chi connectivity index (χ0) is 12.2. The summed E-state index contributed by atoms with van der Waals surface area (Å²) in [6.07, 6.45) is 2.95. The Labute approximate surface area is 102 Å². The molecule has 0 heterocycles. The quantitative estimate of drug-likeness (QED) is 0.579. The van der Waals surface area contributed by atoms with Crippen LogP contribution in [0.25, 0.3) is 0 Å². The van der Waals surface area contributed by atoms with Crippen LogP contribution in [-0.4, -0.2) is 17.8 Å². The lowest BCUT2D eigenvalue weighted by Gasteiger charge is -2.11. The molecule has 0 aromatic rings. The molecular weight excluding hydrogens is 255 g/mol. The van der Waals surface area contributed by atoms with Crippen LogP contribution >= 0.6 is 23.2 Å². The van der Waals surface area contributed by atoms with Gasteiger partial charge in [0.2, 0.25) is 0 Å². The van der Waals surface area contributed by atoms with E-state index in [9.17, 15) is 8.42 Å². The molecule has 2 atom stereocenters. The second-order valence-corrected chi connectivity index (χ2v) is 7.43. The zero-order valence-corrected chi connectivity index (χ0v) is 11.6. The summed E-state index contributed by atoms with van der Waals surface area (Å²) in [7, 11) is -3.55. The van der Waals surface area contributed by atoms with Crippen molar-refractivity contribution in [3.8, 4) is 0 Å². The predicted octanol–water partition coefficient (Wildman–Crippen LogP) is 3.46. The van der Waals surface area contributed by atoms with Crippen LogP contribution in [-0.2, 0) is 9.84 Å². The molecule has 0 fully saturated rings. The molecule has 5 heteroatoms. The first-order valence-corrected chi connectivity index (χ1v) is 6.97. The number of rotatable bonds is 4. The summed E-state index contributed by atoms with van der Waals surface area (Å²) < 4.78 is 21.4. The van der Waals surface area contributed by atoms with E-state index in [1.807, 2.05) is 0 Å². The molecule has 2 unspecified atom stereocenters. The van der Waals surface area contributed by atoms with Gasteiger partial charge in [0.15, 0.2) is 19.3 Å². The number of allylic oxidation sites excluding steroid dienone is 2. The third-order valence-electron chi connectivity index (χ3n) is 1.56. The number of hydrogen-bond acceptors (Lipinski definition) is 2. The monoisotopic (exact) mass is 270 g/mol. The highest BCUT2D eigenvalue weighted by molar-refractivity contribution is 7.95. The molecule has 0 aliphatic heterocycles. The van der Waals surface area contributed by atoms with Crippen molar-refractivity contribution >= 4 is 33.0 Å². The SMILES string of the molecule is CC(C)=CC(Cl)S(=O)(=O)C(Cl)C=C(C)C. The smallest absolute Gasteiger partial charge is 0.191 e. The van der Waals surface area contributed by atoms with Crippen molar-refractivity contribution in [1.82, 2.24) is 0 Å². The van der Waals surface area contributed by atoms with Crippen molar-refractivity contribution in [3.63, 3.8) is 0 Å². The highest BCUT2D eigenvalue weighted by Crippen LogP contribution is 2.21. The van der Waals surface area contributed by atoms with Crippen molar-refractivity contribution in [2.24, 2.45) is 0 Å². The van der Waals surface area contributed by atoms with E-state index in [0.29, 0.717) is 0 Å². The lowest BCUT2D eigenvalue weighted by Crippen LogP contribution is -2.22. The Morgan fingerprint density at radius 1 is 0.933 bits per heavy atom. The largest absolute Gasteiger partial charge is 0.225 e. The highest BCUT2D eigenvalue weighted by atomic mass is 35.5. The van der Waals surface area contributed by atoms with Crippen molar-refractivity contribution in [2.75, 3.05) is 0 Å². The summed E-state index contributed by atoms with van der Waals surface area (Å²) in [5, 5.41) is 0. The van der Waals surface area contributed by atoms with Gasteiger partial charge < -0.3 is 0 Å². The van der Waals surface area contributed by atoms with Crippen LogP contribution < -0.4 is 0 Å². The average Bonchev–Trinajstić information content (AvgIpc) is 2.01. The van der Waals surface area contributed by atoms with Crippen LogP contribution in [0.3, 0.4) is 0 Å². The Hall–Kier alpha value is 0.01000. The molecule has 0 aromatic carbocycles. The number of sulfone groups is 1. The molecule has 0 radical (unpaired) electrons. The average molecular weight is 271 g/mol. The van der Waals surface area contributed by atoms with Gasteiger partial charge in [-0.2, -0.15) is 0 Å². The lowest BCUT2D eigenvalue weighted by atomic mass is 10.3. The van der Waals surface area contributed by atoms with Crippen molar-refractivity contribution in [3.05, 3.63) is 23.3 Å². The van der Waals surface area contributed by atoms with Crippen LogP contribution in [0, 0.1) is 0 Å². The standard InChI is InChI=1S/C10H16Cl2O2S/c1-7(2)5-9(11)15(13,14)10(12)6-8(3)4/h5-6,9-10H,1-4H3. The van der Waals surface area contributed by atoms with Gasteiger partial charge in [0.1, 0.15) is 0 Å². The van der Waals surface area contributed by atoms with E-state index in [1.54, 1.807) is 27.7 Å². The molecule has 0 spiro atoms. The zero-order valence-electron chi connectivity index (χ0n) is 9.29. The van der Waals surface area contributed by atoms with E-state index in [2.05, 4.69) is 0 Å². The first kappa shape index (κ1) is 15.0. The Kier molecular flexibility index (Phi) is 5.93. The second-order valence-electron chi connectivity index (χ2n) is 3.78. The van der Waals surface area contributed by atoms with Gasteiger partial charge in [-0.25, -0.2) is 8.42 Å². The molecule has 0 N–H and O–H groups in total. The maximum atomic E-state index is 11.7. The summed E-state index contributed by atoms with van der Waals surface area (Å²) in [6, 6.07) is 0. The molecule has 0 aliphatic carbocycles. The third-order valence-corrected chi connectivity index (χ3v) is 4.83. The van der Waals surface area contributed by atoms with Gasteiger partial charge in [0.05, 0.1) is 0 Å². The van der Waals surface area contributed by atoms with Gasteiger partial charge in [-0.15, -0.1) is 23.2 Å². The van der Waals surface area contributed by atoms with E-state index in [4.69, 9.17) is 23.2 Å². The van der Waals surface area contributed by atoms with Crippen molar-refractivity contribution < 1.29 is 8.42 Å². The predicted molar refractivity (Wildman–Crippen MR) is 67.1 cm³/mol. The van der Waals surface area contributed by atoms with E-state index < -0.39 is 19.3 Å². The molecule has 0 saturated carbocycles. The molecule has 0 aliphatic rings. The minimum absolute atomic E-state index is 0.847. The first-order chi connectivity index (χ1) is 6.67. The summed E-state index contributed by atoms with van der Waals surface area (Å²) in [5.41, 5.74) is 1.69. The summed E-state index contributed by atoms with van der Waals surface area (Å²) in [6.45, 7) is 7.15. The van der Waals surface area contributed by atoms with Crippen LogP contribution in [0.2, 0.25) is 0 Å². The number of halogens is 2. The molecule has 88 valence electrons. The van der Waals surface area contributed by atoms with Crippen molar-refractivity contribution in [2.45, 2.75) is 37.1 Å². The van der Waals surface area contributed by atoms with Crippen LogP contribution in [0.5, 0.6) is 0 Å². The Bertz CT molecular complexity index is 331. The summed E-state index contributed by atoms with van der Waals surface area (Å²) >= 11 is 11.5. The summed E-state index contributed by atoms with van der Waals surface area (Å²) in [4.78, 5) is 0. The first-order valence-electron chi connectivity index (χ1n) is 4.49. The van der Waals surface area contributed by atoms with Gasteiger partial charge in [0, 0.05) is 0 Å². The van der Waals surface area contributed by atoms with Gasteiger partial charge in [0.25, 0.3) is 0 Å². The molecule has 15 heavy (non-hydrogen) atoms. The van der Waals surface area contributed by atoms with Gasteiger partial charge in [-0.3, -0.25) is 0 Å².